The zero-order chi connectivity index (χ0) is 14.3. The third-order valence-electron chi connectivity index (χ3n) is 3.99. The Labute approximate surface area is 116 Å². The zero-order valence-electron chi connectivity index (χ0n) is 10.9. The second-order valence-electron chi connectivity index (χ2n) is 5.32. The second kappa shape index (κ2) is 4.57. The van der Waals surface area contributed by atoms with Gasteiger partial charge in [0.05, 0.1) is 6.61 Å². The van der Waals surface area contributed by atoms with Crippen molar-refractivity contribution in [3.8, 4) is 0 Å². The maximum Gasteiger partial charge on any atom is 0.312 e. The number of ether oxygens (including phenoxy) is 1. The summed E-state index contributed by atoms with van der Waals surface area (Å²) in [4.78, 5) is 25.5. The molecule has 1 aromatic carbocycles. The van der Waals surface area contributed by atoms with Gasteiger partial charge in [-0.3, -0.25) is 9.59 Å². The molecule has 106 valence electrons. The van der Waals surface area contributed by atoms with Gasteiger partial charge in [-0.05, 0) is 18.1 Å². The molecule has 1 fully saturated rings. The Morgan fingerprint density at radius 2 is 2.15 bits per heavy atom. The van der Waals surface area contributed by atoms with Crippen molar-refractivity contribution >= 4 is 17.6 Å². The van der Waals surface area contributed by atoms with Gasteiger partial charge in [0.1, 0.15) is 11.5 Å². The summed E-state index contributed by atoms with van der Waals surface area (Å²) < 4.78 is 5.21. The van der Waals surface area contributed by atoms with E-state index < -0.39 is 17.4 Å². The van der Waals surface area contributed by atoms with E-state index in [0.29, 0.717) is 24.3 Å². The summed E-state index contributed by atoms with van der Waals surface area (Å²) in [7, 11) is 0. The molecule has 0 aromatic heterocycles. The smallest absolute Gasteiger partial charge is 0.312 e. The van der Waals surface area contributed by atoms with E-state index in [1.807, 2.05) is 0 Å². The zero-order valence-corrected chi connectivity index (χ0v) is 10.9. The van der Waals surface area contributed by atoms with Crippen LogP contribution in [0.5, 0.6) is 0 Å². The lowest BCUT2D eigenvalue weighted by Gasteiger charge is -2.27. The second-order valence-corrected chi connectivity index (χ2v) is 5.32. The van der Waals surface area contributed by atoms with Gasteiger partial charge in [0.15, 0.2) is 0 Å². The molecule has 2 heterocycles. The summed E-state index contributed by atoms with van der Waals surface area (Å²) in [6, 6.07) is 7.07. The van der Waals surface area contributed by atoms with E-state index in [-0.39, 0.29) is 19.1 Å². The number of rotatable bonds is 2. The van der Waals surface area contributed by atoms with Gasteiger partial charge >= 0.3 is 5.97 Å². The molecule has 1 saturated heterocycles. The number of anilines is 1. The van der Waals surface area contributed by atoms with Crippen LogP contribution in [0.25, 0.3) is 0 Å². The van der Waals surface area contributed by atoms with Crippen molar-refractivity contribution in [2.24, 2.45) is 5.73 Å². The van der Waals surface area contributed by atoms with Crippen LogP contribution in [0.4, 0.5) is 5.69 Å². The SMILES string of the molecule is NC1(C(=O)N2CC(C(=O)O)c3ccccc32)CCOC1. The minimum absolute atomic E-state index is 0.131. The highest BCUT2D eigenvalue weighted by molar-refractivity contribution is 6.04. The number of carbonyl (C=O) groups excluding carboxylic acids is 1. The molecule has 6 nitrogen and oxygen atoms in total. The van der Waals surface area contributed by atoms with Crippen LogP contribution in [-0.2, 0) is 14.3 Å². The van der Waals surface area contributed by atoms with Crippen LogP contribution in [0, 0.1) is 0 Å². The number of carbonyl (C=O) groups is 2. The molecular formula is C14H16N2O4. The van der Waals surface area contributed by atoms with E-state index in [1.165, 1.54) is 4.90 Å². The van der Waals surface area contributed by atoms with E-state index in [1.54, 1.807) is 24.3 Å². The lowest BCUT2D eigenvalue weighted by Crippen LogP contribution is -2.56. The molecule has 2 atom stereocenters. The molecule has 3 N–H and O–H groups in total. The molecule has 1 amide bonds. The van der Waals surface area contributed by atoms with E-state index in [4.69, 9.17) is 10.5 Å². The minimum Gasteiger partial charge on any atom is -0.481 e. The van der Waals surface area contributed by atoms with Gasteiger partial charge in [0.2, 0.25) is 5.91 Å². The first-order valence-corrected chi connectivity index (χ1v) is 6.53. The summed E-state index contributed by atoms with van der Waals surface area (Å²) in [5.74, 6) is -1.88. The number of carboxylic acid groups (broad SMARTS) is 1. The molecule has 2 unspecified atom stereocenters. The first-order chi connectivity index (χ1) is 9.53. The van der Waals surface area contributed by atoms with Crippen LogP contribution in [0.3, 0.4) is 0 Å². The molecule has 0 saturated carbocycles. The summed E-state index contributed by atoms with van der Waals surface area (Å²) in [6.45, 7) is 0.773. The maximum absolute atomic E-state index is 12.6. The van der Waals surface area contributed by atoms with E-state index in [9.17, 15) is 14.7 Å². The fraction of sp³-hybridized carbons (Fsp3) is 0.429. The summed E-state index contributed by atoms with van der Waals surface area (Å²) in [5.41, 5.74) is 6.36. The van der Waals surface area contributed by atoms with Crippen LogP contribution in [0.1, 0.15) is 17.9 Å². The lowest BCUT2D eigenvalue weighted by molar-refractivity contribution is -0.138. The molecule has 0 spiro atoms. The molecule has 0 radical (unpaired) electrons. The number of aliphatic carboxylic acids is 1. The first kappa shape index (κ1) is 13.1. The molecule has 6 heteroatoms. The maximum atomic E-state index is 12.6. The number of nitrogens with two attached hydrogens (primary N) is 1. The van der Waals surface area contributed by atoms with Gasteiger partial charge in [-0.2, -0.15) is 0 Å². The van der Waals surface area contributed by atoms with Crippen molar-refractivity contribution in [3.63, 3.8) is 0 Å². The Kier molecular flexibility index (Phi) is 2.99. The summed E-state index contributed by atoms with van der Waals surface area (Å²) in [6.07, 6.45) is 0.461. The van der Waals surface area contributed by atoms with Crippen LogP contribution >= 0.6 is 0 Å². The van der Waals surface area contributed by atoms with Crippen LogP contribution in [0.15, 0.2) is 24.3 Å². The average Bonchev–Trinajstić information content (AvgIpc) is 3.03. The number of nitrogens with zero attached hydrogens (tertiary/aromatic N) is 1. The van der Waals surface area contributed by atoms with E-state index >= 15 is 0 Å². The first-order valence-electron chi connectivity index (χ1n) is 6.53. The predicted octanol–water partition coefficient (Wildman–Crippen LogP) is 0.319. The number of carboxylic acids is 1. The number of para-hydroxylation sites is 1. The largest absolute Gasteiger partial charge is 0.481 e. The Hall–Kier alpha value is -1.92. The van der Waals surface area contributed by atoms with Crippen LogP contribution in [-0.4, -0.2) is 42.3 Å². The Morgan fingerprint density at radius 1 is 1.40 bits per heavy atom. The average molecular weight is 276 g/mol. The number of benzene rings is 1. The van der Waals surface area contributed by atoms with Gasteiger partial charge in [0.25, 0.3) is 0 Å². The predicted molar refractivity (Wildman–Crippen MR) is 71.5 cm³/mol. The Balaban J connectivity index is 1.96. The van der Waals surface area contributed by atoms with Gasteiger partial charge in [-0.25, -0.2) is 0 Å². The summed E-state index contributed by atoms with van der Waals surface area (Å²) in [5, 5.41) is 9.30. The third-order valence-corrected chi connectivity index (χ3v) is 3.99. The van der Waals surface area contributed by atoms with Crippen LogP contribution < -0.4 is 10.6 Å². The monoisotopic (exact) mass is 276 g/mol. The number of fused-ring (bicyclic) bond motifs is 1. The molecule has 1 aromatic rings. The quantitative estimate of drug-likeness (QED) is 0.811. The van der Waals surface area contributed by atoms with E-state index in [0.717, 1.165) is 0 Å². The number of hydrogen-bond donors (Lipinski definition) is 2. The van der Waals surface area contributed by atoms with Crippen molar-refractivity contribution in [2.45, 2.75) is 17.9 Å². The van der Waals surface area contributed by atoms with Gasteiger partial charge in [0, 0.05) is 18.8 Å². The van der Waals surface area contributed by atoms with Crippen molar-refractivity contribution in [3.05, 3.63) is 29.8 Å². The Bertz CT molecular complexity index is 566. The van der Waals surface area contributed by atoms with Crippen molar-refractivity contribution in [2.75, 3.05) is 24.7 Å². The molecule has 0 aliphatic carbocycles. The van der Waals surface area contributed by atoms with Crippen molar-refractivity contribution in [1.29, 1.82) is 0 Å². The molecule has 2 aliphatic heterocycles. The topological polar surface area (TPSA) is 92.9 Å². The van der Waals surface area contributed by atoms with Gasteiger partial charge in [-0.1, -0.05) is 18.2 Å². The minimum atomic E-state index is -1.04. The van der Waals surface area contributed by atoms with Crippen LogP contribution in [0.2, 0.25) is 0 Å². The van der Waals surface area contributed by atoms with Crippen molar-refractivity contribution < 1.29 is 19.4 Å². The standard InChI is InChI=1S/C14H16N2O4/c15-14(5-6-20-8-14)13(19)16-7-10(12(17)18)9-3-1-2-4-11(9)16/h1-4,10H,5-8,15H2,(H,17,18). The van der Waals surface area contributed by atoms with Gasteiger partial charge in [-0.15, -0.1) is 0 Å². The number of hydrogen-bond acceptors (Lipinski definition) is 4. The Morgan fingerprint density at radius 3 is 2.80 bits per heavy atom. The summed E-state index contributed by atoms with van der Waals surface area (Å²) >= 11 is 0. The fourth-order valence-electron chi connectivity index (χ4n) is 2.83. The normalized spacial score (nSPS) is 28.4. The number of amides is 1. The molecule has 3 rings (SSSR count). The lowest BCUT2D eigenvalue weighted by atomic mass is 9.98. The molecule has 20 heavy (non-hydrogen) atoms. The molecule has 0 bridgehead atoms. The van der Waals surface area contributed by atoms with Crippen molar-refractivity contribution in [1.82, 2.24) is 0 Å². The third kappa shape index (κ3) is 1.88. The molecule has 2 aliphatic rings. The highest BCUT2D eigenvalue weighted by atomic mass is 16.5. The fourth-order valence-corrected chi connectivity index (χ4v) is 2.83. The highest BCUT2D eigenvalue weighted by Crippen LogP contribution is 2.38. The van der Waals surface area contributed by atoms with Gasteiger partial charge < -0.3 is 20.5 Å². The van der Waals surface area contributed by atoms with E-state index in [2.05, 4.69) is 0 Å². The molecular weight excluding hydrogens is 260 g/mol. The highest BCUT2D eigenvalue weighted by Gasteiger charge is 2.45.